The normalized spacial score (nSPS) is 11.5. The Kier molecular flexibility index (Phi) is 5.23. The van der Waals surface area contributed by atoms with Crippen LogP contribution in [0.15, 0.2) is 33.6 Å². The van der Waals surface area contributed by atoms with Crippen LogP contribution < -0.4 is 11.1 Å². The van der Waals surface area contributed by atoms with Crippen LogP contribution in [-0.4, -0.2) is 18.5 Å². The van der Waals surface area contributed by atoms with Gasteiger partial charge >= 0.3 is 0 Å². The number of halogens is 1. The minimum atomic E-state index is -3.39. The molecular formula is C13H16BrN3O2S2. The van der Waals surface area contributed by atoms with E-state index in [1.807, 2.05) is 31.2 Å². The molecule has 0 aliphatic carbocycles. The third-order valence-electron chi connectivity index (χ3n) is 2.86. The molecule has 1 heterocycles. The molecule has 114 valence electrons. The summed E-state index contributed by atoms with van der Waals surface area (Å²) in [5, 5.41) is 3.62. The molecule has 0 amide bonds. The summed E-state index contributed by atoms with van der Waals surface area (Å²) in [5.74, 6) is 0.141. The van der Waals surface area contributed by atoms with Crippen molar-refractivity contribution in [3.8, 4) is 0 Å². The van der Waals surface area contributed by atoms with E-state index in [9.17, 15) is 8.42 Å². The first-order valence-electron chi connectivity index (χ1n) is 6.41. The van der Waals surface area contributed by atoms with Gasteiger partial charge in [0, 0.05) is 11.0 Å². The van der Waals surface area contributed by atoms with E-state index in [2.05, 4.69) is 25.6 Å². The minimum absolute atomic E-state index is 0.0688. The molecule has 0 spiro atoms. The van der Waals surface area contributed by atoms with Gasteiger partial charge in [-0.15, -0.1) is 0 Å². The average Bonchev–Trinajstić information content (AvgIpc) is 2.80. The first kappa shape index (κ1) is 16.3. The molecular weight excluding hydrogens is 374 g/mol. The number of nitrogens with one attached hydrogen (secondary N) is 1. The Morgan fingerprint density at radius 2 is 2.10 bits per heavy atom. The molecule has 5 nitrogen and oxygen atoms in total. The highest BCUT2D eigenvalue weighted by Crippen LogP contribution is 2.33. The van der Waals surface area contributed by atoms with Crippen molar-refractivity contribution in [2.75, 3.05) is 16.8 Å². The first-order valence-corrected chi connectivity index (χ1v) is 9.62. The van der Waals surface area contributed by atoms with Gasteiger partial charge in [-0.3, -0.25) is 0 Å². The highest BCUT2D eigenvalue weighted by Gasteiger charge is 2.24. The fraction of sp³-hybridized carbons (Fsp3) is 0.308. The van der Waals surface area contributed by atoms with E-state index in [1.165, 1.54) is 0 Å². The lowest BCUT2D eigenvalue weighted by atomic mass is 10.2. The lowest BCUT2D eigenvalue weighted by Gasteiger charge is -2.09. The van der Waals surface area contributed by atoms with Crippen molar-refractivity contribution >= 4 is 48.1 Å². The van der Waals surface area contributed by atoms with Gasteiger partial charge in [0.05, 0.1) is 5.75 Å². The summed E-state index contributed by atoms with van der Waals surface area (Å²) in [6, 6.07) is 7.75. The number of hydrogen-bond acceptors (Lipinski definition) is 6. The molecule has 0 unspecified atom stereocenters. The van der Waals surface area contributed by atoms with Crippen molar-refractivity contribution in [2.24, 2.45) is 0 Å². The molecule has 0 saturated carbocycles. The smallest absolute Gasteiger partial charge is 0.185 e. The molecule has 2 aromatic rings. The molecule has 0 bridgehead atoms. The van der Waals surface area contributed by atoms with E-state index >= 15 is 0 Å². The second-order valence-corrected chi connectivity index (χ2v) is 8.16. The van der Waals surface area contributed by atoms with Crippen LogP contribution in [0, 0.1) is 0 Å². The van der Waals surface area contributed by atoms with E-state index in [0.29, 0.717) is 18.0 Å². The second-order valence-electron chi connectivity index (χ2n) is 4.49. The fourth-order valence-electron chi connectivity index (χ4n) is 1.90. The predicted octanol–water partition coefficient (Wildman–Crippen LogP) is 3.28. The number of benzene rings is 1. The Labute approximate surface area is 136 Å². The largest absolute Gasteiger partial charge is 0.382 e. The summed E-state index contributed by atoms with van der Waals surface area (Å²) in [5.41, 5.74) is 6.76. The number of aromatic nitrogens is 1. The van der Waals surface area contributed by atoms with Crippen molar-refractivity contribution < 1.29 is 8.42 Å². The molecule has 3 N–H and O–H groups in total. The molecule has 8 heteroatoms. The Morgan fingerprint density at radius 3 is 2.76 bits per heavy atom. The predicted molar refractivity (Wildman–Crippen MR) is 90.3 cm³/mol. The van der Waals surface area contributed by atoms with E-state index < -0.39 is 9.84 Å². The molecule has 0 fully saturated rings. The third kappa shape index (κ3) is 3.75. The maximum absolute atomic E-state index is 12.3. The summed E-state index contributed by atoms with van der Waals surface area (Å²) < 4.78 is 29.4. The maximum Gasteiger partial charge on any atom is 0.185 e. The lowest BCUT2D eigenvalue weighted by Crippen LogP contribution is -2.10. The number of nitrogens with two attached hydrogens (primary N) is 1. The van der Waals surface area contributed by atoms with Crippen LogP contribution in [0.5, 0.6) is 0 Å². The standard InChI is InChI=1S/C13H16BrN3O2S2/c1-2-7-21(18,19)11-12(15)17-20-13(11)16-8-9-5-3-4-6-10(9)14/h3-6,16H,2,7-8H2,1H3,(H2,15,17). The van der Waals surface area contributed by atoms with Crippen molar-refractivity contribution in [1.29, 1.82) is 0 Å². The number of anilines is 2. The molecule has 21 heavy (non-hydrogen) atoms. The molecule has 0 atom stereocenters. The highest BCUT2D eigenvalue weighted by molar-refractivity contribution is 9.10. The van der Waals surface area contributed by atoms with E-state index in [0.717, 1.165) is 21.6 Å². The molecule has 1 aromatic heterocycles. The zero-order valence-corrected chi connectivity index (χ0v) is 14.7. The summed E-state index contributed by atoms with van der Waals surface area (Å²) in [4.78, 5) is 0.126. The number of nitrogen functional groups attached to an aromatic ring is 1. The second kappa shape index (κ2) is 6.76. The van der Waals surface area contributed by atoms with E-state index in [-0.39, 0.29) is 16.5 Å². The van der Waals surface area contributed by atoms with Crippen molar-refractivity contribution in [3.63, 3.8) is 0 Å². The van der Waals surface area contributed by atoms with Crippen molar-refractivity contribution in [1.82, 2.24) is 4.37 Å². The van der Waals surface area contributed by atoms with Crippen LogP contribution in [0.25, 0.3) is 0 Å². The first-order chi connectivity index (χ1) is 9.95. The summed E-state index contributed by atoms with van der Waals surface area (Å²) in [7, 11) is -3.39. The number of nitrogens with zero attached hydrogens (tertiary/aromatic N) is 1. The van der Waals surface area contributed by atoms with Crippen LogP contribution in [-0.2, 0) is 16.4 Å². The molecule has 0 radical (unpaired) electrons. The molecule has 0 aliphatic rings. The van der Waals surface area contributed by atoms with Gasteiger partial charge in [0.25, 0.3) is 0 Å². The Hall–Kier alpha value is -1.12. The van der Waals surface area contributed by atoms with Gasteiger partial charge in [0.2, 0.25) is 0 Å². The SMILES string of the molecule is CCCS(=O)(=O)c1c(N)nsc1NCc1ccccc1Br. The molecule has 0 saturated heterocycles. The summed E-state index contributed by atoms with van der Waals surface area (Å²) >= 11 is 4.54. The average molecular weight is 390 g/mol. The Bertz CT molecular complexity index is 729. The van der Waals surface area contributed by atoms with Gasteiger partial charge in [0.1, 0.15) is 9.90 Å². The van der Waals surface area contributed by atoms with Crippen LogP contribution in [0.3, 0.4) is 0 Å². The van der Waals surface area contributed by atoms with E-state index in [1.54, 1.807) is 0 Å². The molecule has 0 aliphatic heterocycles. The third-order valence-corrected chi connectivity index (χ3v) is 6.56. The minimum Gasteiger partial charge on any atom is -0.382 e. The highest BCUT2D eigenvalue weighted by atomic mass is 79.9. The van der Waals surface area contributed by atoms with Crippen molar-refractivity contribution in [3.05, 3.63) is 34.3 Å². The van der Waals surface area contributed by atoms with Gasteiger partial charge in [-0.25, -0.2) is 8.42 Å². The number of hydrogen-bond donors (Lipinski definition) is 2. The molecule has 1 aromatic carbocycles. The van der Waals surface area contributed by atoms with Gasteiger partial charge in [0.15, 0.2) is 15.7 Å². The summed E-state index contributed by atoms with van der Waals surface area (Å²) in [6.45, 7) is 2.32. The topological polar surface area (TPSA) is 85.1 Å². The number of rotatable bonds is 6. The van der Waals surface area contributed by atoms with Crippen LogP contribution in [0.1, 0.15) is 18.9 Å². The monoisotopic (exact) mass is 389 g/mol. The van der Waals surface area contributed by atoms with Crippen LogP contribution in [0.4, 0.5) is 10.8 Å². The Morgan fingerprint density at radius 1 is 1.38 bits per heavy atom. The van der Waals surface area contributed by atoms with Crippen LogP contribution in [0.2, 0.25) is 0 Å². The van der Waals surface area contributed by atoms with E-state index in [4.69, 9.17) is 5.73 Å². The zero-order valence-electron chi connectivity index (χ0n) is 11.5. The van der Waals surface area contributed by atoms with Crippen LogP contribution >= 0.6 is 27.5 Å². The number of sulfone groups is 1. The summed E-state index contributed by atoms with van der Waals surface area (Å²) in [6.07, 6.45) is 0.543. The lowest BCUT2D eigenvalue weighted by molar-refractivity contribution is 0.595. The molecule has 2 rings (SSSR count). The quantitative estimate of drug-likeness (QED) is 0.791. The van der Waals surface area contributed by atoms with Gasteiger partial charge < -0.3 is 11.1 Å². The van der Waals surface area contributed by atoms with Gasteiger partial charge in [-0.2, -0.15) is 4.37 Å². The van der Waals surface area contributed by atoms with Crippen molar-refractivity contribution in [2.45, 2.75) is 24.8 Å². The zero-order chi connectivity index (χ0) is 15.5. The fourth-order valence-corrected chi connectivity index (χ4v) is 4.94. The Balaban J connectivity index is 2.25. The van der Waals surface area contributed by atoms with Gasteiger partial charge in [-0.05, 0) is 29.6 Å². The van der Waals surface area contributed by atoms with Gasteiger partial charge in [-0.1, -0.05) is 41.1 Å². The maximum atomic E-state index is 12.3.